The maximum absolute atomic E-state index is 10.9. The molecule has 2 aromatic rings. The van der Waals surface area contributed by atoms with Gasteiger partial charge in [-0.1, -0.05) is 0 Å². The van der Waals surface area contributed by atoms with Gasteiger partial charge >= 0.3 is 5.97 Å². The summed E-state index contributed by atoms with van der Waals surface area (Å²) in [6.45, 7) is 2.00. The second kappa shape index (κ2) is 3.55. The highest BCUT2D eigenvalue weighted by atomic mass is 32.1. The Morgan fingerprint density at radius 3 is 2.43 bits per heavy atom. The molecule has 0 spiro atoms. The van der Waals surface area contributed by atoms with Crippen molar-refractivity contribution in [2.45, 2.75) is 6.92 Å². The lowest BCUT2D eigenvalue weighted by atomic mass is 10.2. The molecule has 0 amide bonds. The van der Waals surface area contributed by atoms with Crippen molar-refractivity contribution in [2.24, 2.45) is 0 Å². The number of carboxylic acids is 1. The normalized spacial score (nSPS) is 10.4. The lowest BCUT2D eigenvalue weighted by Crippen LogP contribution is -1.94. The molecule has 2 aromatic heterocycles. The van der Waals surface area contributed by atoms with Crippen LogP contribution >= 0.6 is 22.7 Å². The second-order valence-electron chi connectivity index (χ2n) is 2.90. The zero-order valence-electron chi connectivity index (χ0n) is 7.48. The topological polar surface area (TPSA) is 37.3 Å². The van der Waals surface area contributed by atoms with Crippen molar-refractivity contribution in [1.82, 2.24) is 0 Å². The molecular weight excluding hydrogens is 216 g/mol. The summed E-state index contributed by atoms with van der Waals surface area (Å²) in [5.41, 5.74) is 1.54. The van der Waals surface area contributed by atoms with E-state index in [1.54, 1.807) is 17.4 Å². The van der Waals surface area contributed by atoms with E-state index in [0.29, 0.717) is 5.56 Å². The van der Waals surface area contributed by atoms with Crippen molar-refractivity contribution in [3.8, 4) is 9.75 Å². The average Bonchev–Trinajstić information content (AvgIpc) is 2.70. The summed E-state index contributed by atoms with van der Waals surface area (Å²) in [5, 5.41) is 12.8. The molecule has 0 aliphatic rings. The molecular formula is C10H8O2S2. The Bertz CT molecular complexity index is 468. The van der Waals surface area contributed by atoms with Gasteiger partial charge in [-0.25, -0.2) is 4.79 Å². The minimum absolute atomic E-state index is 0.403. The summed E-state index contributed by atoms with van der Waals surface area (Å²) in [6.07, 6.45) is 0. The molecule has 0 unspecified atom stereocenters. The van der Waals surface area contributed by atoms with Gasteiger partial charge in [0.05, 0.1) is 10.4 Å². The minimum atomic E-state index is -0.853. The van der Waals surface area contributed by atoms with Gasteiger partial charge in [-0.15, -0.1) is 22.7 Å². The van der Waals surface area contributed by atoms with Crippen LogP contribution in [0.15, 0.2) is 22.9 Å². The van der Waals surface area contributed by atoms with Crippen molar-refractivity contribution >= 4 is 28.6 Å². The molecule has 2 nitrogen and oxygen atoms in total. The van der Waals surface area contributed by atoms with Crippen LogP contribution in [-0.4, -0.2) is 11.1 Å². The van der Waals surface area contributed by atoms with Gasteiger partial charge in [-0.3, -0.25) is 0 Å². The fourth-order valence-corrected chi connectivity index (χ4v) is 3.32. The Balaban J connectivity index is 2.57. The summed E-state index contributed by atoms with van der Waals surface area (Å²) in [6, 6.07) is 3.66. The van der Waals surface area contributed by atoms with Crippen LogP contribution in [0.3, 0.4) is 0 Å². The van der Waals surface area contributed by atoms with Crippen molar-refractivity contribution in [3.63, 3.8) is 0 Å². The Morgan fingerprint density at radius 2 is 1.86 bits per heavy atom. The molecule has 4 heteroatoms. The zero-order chi connectivity index (χ0) is 10.1. The molecule has 72 valence electrons. The number of rotatable bonds is 2. The molecule has 1 N–H and O–H groups in total. The van der Waals surface area contributed by atoms with E-state index in [0.717, 1.165) is 15.3 Å². The maximum Gasteiger partial charge on any atom is 0.337 e. The molecule has 0 aromatic carbocycles. The molecule has 2 heterocycles. The zero-order valence-corrected chi connectivity index (χ0v) is 9.11. The highest BCUT2D eigenvalue weighted by Crippen LogP contribution is 2.35. The van der Waals surface area contributed by atoms with Crippen molar-refractivity contribution in [1.29, 1.82) is 0 Å². The van der Waals surface area contributed by atoms with Gasteiger partial charge in [-0.05, 0) is 35.4 Å². The molecule has 0 bridgehead atoms. The smallest absolute Gasteiger partial charge is 0.337 e. The molecule has 0 atom stereocenters. The predicted molar refractivity (Wildman–Crippen MR) is 59.3 cm³/mol. The van der Waals surface area contributed by atoms with Gasteiger partial charge in [0.1, 0.15) is 0 Å². The van der Waals surface area contributed by atoms with Gasteiger partial charge in [0, 0.05) is 4.88 Å². The number of carbonyl (C=O) groups is 1. The summed E-state index contributed by atoms with van der Waals surface area (Å²) < 4.78 is 0. The van der Waals surface area contributed by atoms with E-state index in [-0.39, 0.29) is 0 Å². The van der Waals surface area contributed by atoms with Crippen LogP contribution in [0, 0.1) is 6.92 Å². The Morgan fingerprint density at radius 1 is 1.21 bits per heavy atom. The fraction of sp³-hybridized carbons (Fsp3) is 0.100. The first kappa shape index (κ1) is 9.43. The van der Waals surface area contributed by atoms with Crippen LogP contribution in [0.2, 0.25) is 0 Å². The van der Waals surface area contributed by atoms with Gasteiger partial charge in [0.25, 0.3) is 0 Å². The summed E-state index contributed by atoms with van der Waals surface area (Å²) in [4.78, 5) is 12.8. The lowest BCUT2D eigenvalue weighted by Gasteiger charge is -1.97. The van der Waals surface area contributed by atoms with Crippen molar-refractivity contribution < 1.29 is 9.90 Å². The van der Waals surface area contributed by atoms with E-state index in [4.69, 9.17) is 5.11 Å². The SMILES string of the molecule is Cc1ccsc1-c1sccc1C(=O)O. The van der Waals surface area contributed by atoms with Crippen LogP contribution in [0.5, 0.6) is 0 Å². The van der Waals surface area contributed by atoms with Gasteiger partial charge in [0.15, 0.2) is 0 Å². The van der Waals surface area contributed by atoms with E-state index < -0.39 is 5.97 Å². The van der Waals surface area contributed by atoms with Crippen molar-refractivity contribution in [3.05, 3.63) is 34.0 Å². The van der Waals surface area contributed by atoms with E-state index >= 15 is 0 Å². The minimum Gasteiger partial charge on any atom is -0.478 e. The lowest BCUT2D eigenvalue weighted by molar-refractivity contribution is 0.0698. The monoisotopic (exact) mass is 224 g/mol. The molecule has 2 rings (SSSR count). The van der Waals surface area contributed by atoms with Gasteiger partial charge in [0.2, 0.25) is 0 Å². The summed E-state index contributed by atoms with van der Waals surface area (Å²) in [5.74, 6) is -0.853. The largest absolute Gasteiger partial charge is 0.478 e. The van der Waals surface area contributed by atoms with Gasteiger partial charge < -0.3 is 5.11 Å². The van der Waals surface area contributed by atoms with Crippen LogP contribution < -0.4 is 0 Å². The highest BCUT2D eigenvalue weighted by Gasteiger charge is 2.15. The van der Waals surface area contributed by atoms with Crippen LogP contribution in [0.25, 0.3) is 9.75 Å². The number of aromatic carboxylic acids is 1. The first-order valence-electron chi connectivity index (χ1n) is 4.05. The number of hydrogen-bond acceptors (Lipinski definition) is 3. The summed E-state index contributed by atoms with van der Waals surface area (Å²) in [7, 11) is 0. The quantitative estimate of drug-likeness (QED) is 0.847. The van der Waals surface area contributed by atoms with E-state index in [2.05, 4.69) is 0 Å². The van der Waals surface area contributed by atoms with E-state index in [1.165, 1.54) is 11.3 Å². The Labute approximate surface area is 89.5 Å². The molecule has 0 fully saturated rings. The van der Waals surface area contributed by atoms with Crippen molar-refractivity contribution in [2.75, 3.05) is 0 Å². The van der Waals surface area contributed by atoms with Crippen LogP contribution in [0.4, 0.5) is 0 Å². The molecule has 0 radical (unpaired) electrons. The number of thiophene rings is 2. The molecule has 0 saturated heterocycles. The van der Waals surface area contributed by atoms with Crippen LogP contribution in [-0.2, 0) is 0 Å². The third-order valence-corrected chi connectivity index (χ3v) is 4.06. The van der Waals surface area contributed by atoms with E-state index in [1.807, 2.05) is 23.8 Å². The standard InChI is InChI=1S/C10H8O2S2/c1-6-2-4-13-8(6)9-7(10(11)12)3-5-14-9/h2-5H,1H3,(H,11,12). The van der Waals surface area contributed by atoms with Gasteiger partial charge in [-0.2, -0.15) is 0 Å². The first-order valence-corrected chi connectivity index (χ1v) is 5.81. The highest BCUT2D eigenvalue weighted by molar-refractivity contribution is 7.20. The predicted octanol–water partition coefficient (Wildman–Crippen LogP) is 3.48. The Kier molecular flexibility index (Phi) is 2.39. The fourth-order valence-electron chi connectivity index (χ4n) is 1.26. The Hall–Kier alpha value is -1.13. The third kappa shape index (κ3) is 1.47. The second-order valence-corrected chi connectivity index (χ2v) is 4.73. The maximum atomic E-state index is 10.9. The molecule has 14 heavy (non-hydrogen) atoms. The average molecular weight is 224 g/mol. The molecule has 0 aliphatic carbocycles. The number of carboxylic acid groups (broad SMARTS) is 1. The van der Waals surface area contributed by atoms with E-state index in [9.17, 15) is 4.79 Å². The number of hydrogen-bond donors (Lipinski definition) is 1. The molecule has 0 aliphatic heterocycles. The summed E-state index contributed by atoms with van der Waals surface area (Å²) >= 11 is 3.07. The first-order chi connectivity index (χ1) is 6.70. The molecule has 0 saturated carbocycles. The number of aryl methyl sites for hydroxylation is 1. The third-order valence-electron chi connectivity index (χ3n) is 1.96. The van der Waals surface area contributed by atoms with Crippen LogP contribution in [0.1, 0.15) is 15.9 Å².